The Balaban J connectivity index is 1.39. The number of nitrogens with zero attached hydrogens (tertiary/aromatic N) is 2. The van der Waals surface area contributed by atoms with Crippen molar-refractivity contribution in [2.75, 3.05) is 9.80 Å². The van der Waals surface area contributed by atoms with Gasteiger partial charge in [0, 0.05) is 34.1 Å². The molecule has 0 amide bonds. The van der Waals surface area contributed by atoms with Crippen molar-refractivity contribution in [2.45, 2.75) is 41.5 Å². The number of rotatable bonds is 7. The molecule has 6 aromatic rings. The largest absolute Gasteiger partial charge is 0.310 e. The highest BCUT2D eigenvalue weighted by atomic mass is 15.1. The van der Waals surface area contributed by atoms with Gasteiger partial charge in [-0.3, -0.25) is 0 Å². The minimum atomic E-state index is 1.15. The second kappa shape index (κ2) is 12.3. The summed E-state index contributed by atoms with van der Waals surface area (Å²) in [6, 6.07) is 48.7. The molecule has 0 unspecified atom stereocenters. The van der Waals surface area contributed by atoms with Crippen LogP contribution in [0.25, 0.3) is 11.1 Å². The van der Waals surface area contributed by atoms with Gasteiger partial charge in [0.2, 0.25) is 0 Å². The van der Waals surface area contributed by atoms with Gasteiger partial charge in [-0.15, -0.1) is 0 Å². The van der Waals surface area contributed by atoms with E-state index in [9.17, 15) is 0 Å². The molecule has 218 valence electrons. The molecular formula is C42H40N2. The van der Waals surface area contributed by atoms with Crippen LogP contribution in [0.2, 0.25) is 0 Å². The maximum absolute atomic E-state index is 2.35. The summed E-state index contributed by atoms with van der Waals surface area (Å²) in [5.41, 5.74) is 16.9. The van der Waals surface area contributed by atoms with E-state index >= 15 is 0 Å². The molecule has 0 aromatic heterocycles. The van der Waals surface area contributed by atoms with Gasteiger partial charge < -0.3 is 9.80 Å². The van der Waals surface area contributed by atoms with Gasteiger partial charge in [-0.05, 0) is 142 Å². The Hall–Kier alpha value is -5.08. The van der Waals surface area contributed by atoms with Gasteiger partial charge in [0.05, 0.1) is 0 Å². The van der Waals surface area contributed by atoms with Crippen molar-refractivity contribution in [3.8, 4) is 11.1 Å². The lowest BCUT2D eigenvalue weighted by molar-refractivity contribution is 1.25. The smallest absolute Gasteiger partial charge is 0.0464 e. The summed E-state index contributed by atoms with van der Waals surface area (Å²) in [7, 11) is 0. The molecule has 6 rings (SSSR count). The van der Waals surface area contributed by atoms with E-state index in [-0.39, 0.29) is 0 Å². The van der Waals surface area contributed by atoms with Crippen molar-refractivity contribution in [3.05, 3.63) is 167 Å². The van der Waals surface area contributed by atoms with Crippen molar-refractivity contribution in [3.63, 3.8) is 0 Å². The fraction of sp³-hybridized carbons (Fsp3) is 0.143. The van der Waals surface area contributed by atoms with E-state index in [0.717, 1.165) is 34.1 Å². The molecule has 2 nitrogen and oxygen atoms in total. The fourth-order valence-electron chi connectivity index (χ4n) is 5.92. The van der Waals surface area contributed by atoms with Crippen molar-refractivity contribution in [2.24, 2.45) is 0 Å². The minimum Gasteiger partial charge on any atom is -0.310 e. The van der Waals surface area contributed by atoms with Crippen LogP contribution < -0.4 is 9.80 Å². The number of benzene rings is 6. The highest BCUT2D eigenvalue weighted by molar-refractivity contribution is 5.83. The Morgan fingerprint density at radius 1 is 0.295 bits per heavy atom. The number of anilines is 6. The number of aryl methyl sites for hydroxylation is 6. The van der Waals surface area contributed by atoms with Gasteiger partial charge in [-0.1, -0.05) is 77.4 Å². The van der Waals surface area contributed by atoms with E-state index in [0.29, 0.717) is 0 Å². The lowest BCUT2D eigenvalue weighted by atomic mass is 9.95. The van der Waals surface area contributed by atoms with Gasteiger partial charge in [-0.25, -0.2) is 0 Å². The van der Waals surface area contributed by atoms with Gasteiger partial charge in [0.25, 0.3) is 0 Å². The van der Waals surface area contributed by atoms with Gasteiger partial charge in [0.1, 0.15) is 0 Å². The van der Waals surface area contributed by atoms with Crippen LogP contribution >= 0.6 is 0 Å². The van der Waals surface area contributed by atoms with Crippen LogP contribution in [0.5, 0.6) is 0 Å². The zero-order valence-corrected chi connectivity index (χ0v) is 26.6. The van der Waals surface area contributed by atoms with E-state index in [2.05, 4.69) is 185 Å². The number of hydrogen-bond acceptors (Lipinski definition) is 2. The van der Waals surface area contributed by atoms with Crippen LogP contribution in [0.4, 0.5) is 34.1 Å². The van der Waals surface area contributed by atoms with E-state index in [1.54, 1.807) is 0 Å². The third-order valence-corrected chi connectivity index (χ3v) is 8.36. The lowest BCUT2D eigenvalue weighted by Gasteiger charge is -2.27. The molecule has 0 saturated carbocycles. The highest BCUT2D eigenvalue weighted by Gasteiger charge is 2.17. The topological polar surface area (TPSA) is 6.48 Å². The molecule has 0 fully saturated rings. The SMILES string of the molecule is Cc1ccc(N(c2ccc(C)cc2)c2ccc(-c3ccc(N(c4ccc(C)cc4)c4cccc(C)c4)cc3C)c(C)c2)cc1. The Morgan fingerprint density at radius 3 is 1.00 bits per heavy atom. The standard InChI is InChI=1S/C42H40N2/c1-29-10-16-35(17-11-29)43(36-18-12-30(2)13-19-36)39-22-24-41(33(5)27-39)42-25-23-40(28-34(42)6)44(37-20-14-31(3)15-21-37)38-9-7-8-32(4)26-38/h7-28H,1-6H3. The first-order valence-corrected chi connectivity index (χ1v) is 15.4. The van der Waals surface area contributed by atoms with Crippen LogP contribution in [-0.4, -0.2) is 0 Å². The van der Waals surface area contributed by atoms with Crippen LogP contribution in [-0.2, 0) is 0 Å². The third kappa shape index (κ3) is 6.02. The Labute approximate surface area is 262 Å². The van der Waals surface area contributed by atoms with E-state index in [4.69, 9.17) is 0 Å². The second-order valence-corrected chi connectivity index (χ2v) is 12.0. The molecule has 6 aromatic carbocycles. The average molecular weight is 573 g/mol. The molecule has 0 bridgehead atoms. The van der Waals surface area contributed by atoms with Crippen molar-refractivity contribution in [1.29, 1.82) is 0 Å². The predicted octanol–water partition coefficient (Wildman–Crippen LogP) is 12.1. The van der Waals surface area contributed by atoms with Crippen LogP contribution in [0.1, 0.15) is 33.4 Å². The molecule has 0 heterocycles. The summed E-state index contributed by atoms with van der Waals surface area (Å²) in [6.45, 7) is 13.0. The quantitative estimate of drug-likeness (QED) is 0.188. The first-order valence-electron chi connectivity index (χ1n) is 15.4. The molecular weight excluding hydrogens is 532 g/mol. The molecule has 0 spiro atoms. The summed E-state index contributed by atoms with van der Waals surface area (Å²) >= 11 is 0. The summed E-state index contributed by atoms with van der Waals surface area (Å²) in [6.07, 6.45) is 0. The lowest BCUT2D eigenvalue weighted by Crippen LogP contribution is -2.11. The second-order valence-electron chi connectivity index (χ2n) is 12.0. The summed E-state index contributed by atoms with van der Waals surface area (Å²) in [4.78, 5) is 4.69. The van der Waals surface area contributed by atoms with E-state index < -0.39 is 0 Å². The average Bonchev–Trinajstić information content (AvgIpc) is 3.01. The fourth-order valence-corrected chi connectivity index (χ4v) is 5.92. The van der Waals surface area contributed by atoms with Crippen LogP contribution in [0, 0.1) is 41.5 Å². The molecule has 0 atom stereocenters. The number of hydrogen-bond donors (Lipinski definition) is 0. The summed E-state index contributed by atoms with van der Waals surface area (Å²) in [5.74, 6) is 0. The van der Waals surface area contributed by atoms with E-state index in [1.807, 2.05) is 0 Å². The molecule has 0 N–H and O–H groups in total. The van der Waals surface area contributed by atoms with E-state index in [1.165, 1.54) is 44.5 Å². The first kappa shape index (κ1) is 29.0. The Kier molecular flexibility index (Phi) is 8.09. The van der Waals surface area contributed by atoms with Crippen molar-refractivity contribution >= 4 is 34.1 Å². The molecule has 2 heteroatoms. The molecule has 44 heavy (non-hydrogen) atoms. The summed E-state index contributed by atoms with van der Waals surface area (Å²) in [5, 5.41) is 0. The Morgan fingerprint density at radius 2 is 0.636 bits per heavy atom. The maximum atomic E-state index is 2.35. The van der Waals surface area contributed by atoms with Gasteiger partial charge in [-0.2, -0.15) is 0 Å². The molecule has 0 saturated heterocycles. The van der Waals surface area contributed by atoms with Crippen LogP contribution in [0.15, 0.2) is 133 Å². The third-order valence-electron chi connectivity index (χ3n) is 8.36. The monoisotopic (exact) mass is 572 g/mol. The predicted molar refractivity (Wildman–Crippen MR) is 190 cm³/mol. The zero-order chi connectivity index (χ0) is 30.8. The zero-order valence-electron chi connectivity index (χ0n) is 26.6. The van der Waals surface area contributed by atoms with Gasteiger partial charge in [0.15, 0.2) is 0 Å². The normalized spacial score (nSPS) is 11.0. The molecule has 0 aliphatic carbocycles. The molecule has 0 aliphatic rings. The van der Waals surface area contributed by atoms with Crippen molar-refractivity contribution in [1.82, 2.24) is 0 Å². The molecule has 0 radical (unpaired) electrons. The van der Waals surface area contributed by atoms with Crippen LogP contribution in [0.3, 0.4) is 0 Å². The highest BCUT2D eigenvalue weighted by Crippen LogP contribution is 2.40. The Bertz CT molecular complexity index is 1850. The van der Waals surface area contributed by atoms with Crippen molar-refractivity contribution < 1.29 is 0 Å². The molecule has 0 aliphatic heterocycles. The minimum absolute atomic E-state index is 1.15. The maximum Gasteiger partial charge on any atom is 0.0464 e. The van der Waals surface area contributed by atoms with Gasteiger partial charge >= 0.3 is 0 Å². The summed E-state index contributed by atoms with van der Waals surface area (Å²) < 4.78 is 0. The first-order chi connectivity index (χ1) is 21.3.